The molecule has 0 atom stereocenters. The summed E-state index contributed by atoms with van der Waals surface area (Å²) in [5.41, 5.74) is 0.539. The average molecular weight is 428 g/mol. The van der Waals surface area contributed by atoms with Gasteiger partial charge in [-0.05, 0) is 53.7 Å². The lowest BCUT2D eigenvalue weighted by Gasteiger charge is -2.08. The minimum absolute atomic E-state index is 0.104. The lowest BCUT2D eigenvalue weighted by molar-refractivity contribution is -0.139. The fraction of sp³-hybridized carbons (Fsp3) is 0.100. The Morgan fingerprint density at radius 3 is 2.67 bits per heavy atom. The minimum Gasteiger partial charge on any atom is -0.508 e. The quantitative estimate of drug-likeness (QED) is 0.598. The Morgan fingerprint density at radius 1 is 1.20 bits per heavy atom. The summed E-state index contributed by atoms with van der Waals surface area (Å²) in [6, 6.07) is 10.4. The number of likely N-dealkylation sites (N-methyl/N-ethyl adjacent to an activating group) is 1. The second-order valence-electron chi connectivity index (χ2n) is 6.13. The fourth-order valence-electron chi connectivity index (χ4n) is 2.54. The van der Waals surface area contributed by atoms with E-state index in [1.165, 1.54) is 24.1 Å². The molecule has 0 radical (unpaired) electrons. The van der Waals surface area contributed by atoms with Crippen LogP contribution in [0.5, 0.6) is 11.5 Å². The number of rotatable bonds is 6. The molecule has 0 aliphatic carbocycles. The van der Waals surface area contributed by atoms with Crippen LogP contribution in [-0.4, -0.2) is 56.9 Å². The van der Waals surface area contributed by atoms with E-state index >= 15 is 0 Å². The standard InChI is InChI=1S/C20H16N2O7S/c1-22-18(26)16(8-11-3-2-4-13(7-11)29-10-17(24)25)30-20(22)21-15-6-5-12(23)9-14(15)19(27)28/h2-9,23H,10H2,1H3,(H,24,25)(H,27,28)/b16-8-,21-20?. The predicted molar refractivity (Wildman–Crippen MR) is 110 cm³/mol. The smallest absolute Gasteiger partial charge is 0.341 e. The van der Waals surface area contributed by atoms with Crippen LogP contribution in [0.3, 0.4) is 0 Å². The maximum atomic E-state index is 12.6. The summed E-state index contributed by atoms with van der Waals surface area (Å²) in [5, 5.41) is 27.8. The zero-order valence-electron chi connectivity index (χ0n) is 15.6. The summed E-state index contributed by atoms with van der Waals surface area (Å²) >= 11 is 1.06. The van der Waals surface area contributed by atoms with E-state index < -0.39 is 18.5 Å². The number of amidine groups is 1. The molecule has 1 heterocycles. The van der Waals surface area contributed by atoms with Gasteiger partial charge in [-0.2, -0.15) is 0 Å². The number of ether oxygens (including phenoxy) is 1. The van der Waals surface area contributed by atoms with Crippen molar-refractivity contribution in [1.82, 2.24) is 4.90 Å². The molecule has 30 heavy (non-hydrogen) atoms. The zero-order chi connectivity index (χ0) is 21.8. The Morgan fingerprint density at radius 2 is 1.97 bits per heavy atom. The van der Waals surface area contributed by atoms with Crippen LogP contribution in [-0.2, 0) is 9.59 Å². The summed E-state index contributed by atoms with van der Waals surface area (Å²) in [7, 11) is 1.52. The SMILES string of the molecule is CN1C(=O)/C(=C/c2cccc(OCC(=O)O)c2)SC1=Nc1ccc(O)cc1C(=O)O. The van der Waals surface area contributed by atoms with E-state index in [2.05, 4.69) is 4.99 Å². The molecule has 2 aromatic carbocycles. The van der Waals surface area contributed by atoms with E-state index in [0.717, 1.165) is 17.8 Å². The maximum Gasteiger partial charge on any atom is 0.341 e. The summed E-state index contributed by atoms with van der Waals surface area (Å²) in [6.07, 6.45) is 1.61. The highest BCUT2D eigenvalue weighted by Crippen LogP contribution is 2.34. The topological polar surface area (TPSA) is 137 Å². The number of carbonyl (C=O) groups excluding carboxylic acids is 1. The van der Waals surface area contributed by atoms with Crippen molar-refractivity contribution >= 4 is 46.5 Å². The van der Waals surface area contributed by atoms with Crippen LogP contribution in [0.15, 0.2) is 52.4 Å². The molecule has 10 heteroatoms. The summed E-state index contributed by atoms with van der Waals surface area (Å²) in [5.74, 6) is -2.54. The van der Waals surface area contributed by atoms with E-state index in [0.29, 0.717) is 16.2 Å². The first-order valence-electron chi connectivity index (χ1n) is 8.52. The molecule has 1 aliphatic heterocycles. The van der Waals surface area contributed by atoms with Gasteiger partial charge in [-0.1, -0.05) is 12.1 Å². The van der Waals surface area contributed by atoms with Gasteiger partial charge in [0.1, 0.15) is 11.5 Å². The van der Waals surface area contributed by atoms with Gasteiger partial charge in [0.15, 0.2) is 11.8 Å². The second kappa shape index (κ2) is 8.70. The molecule has 2 aromatic rings. The Labute approximate surface area is 174 Å². The van der Waals surface area contributed by atoms with Crippen molar-refractivity contribution in [3.05, 3.63) is 58.5 Å². The van der Waals surface area contributed by atoms with Gasteiger partial charge in [0.25, 0.3) is 5.91 Å². The van der Waals surface area contributed by atoms with Gasteiger partial charge in [-0.25, -0.2) is 14.6 Å². The number of aromatic hydroxyl groups is 1. The Hall–Kier alpha value is -3.79. The molecule has 1 aliphatic rings. The van der Waals surface area contributed by atoms with Gasteiger partial charge >= 0.3 is 11.9 Å². The number of aliphatic imine (C=N–C) groups is 1. The number of benzene rings is 2. The molecular weight excluding hydrogens is 412 g/mol. The maximum absolute atomic E-state index is 12.6. The minimum atomic E-state index is -1.25. The second-order valence-corrected chi connectivity index (χ2v) is 7.14. The van der Waals surface area contributed by atoms with E-state index in [1.54, 1.807) is 30.3 Å². The van der Waals surface area contributed by atoms with Gasteiger partial charge < -0.3 is 20.1 Å². The number of aliphatic carboxylic acids is 1. The first kappa shape index (κ1) is 20.9. The van der Waals surface area contributed by atoms with Crippen molar-refractivity contribution in [3.8, 4) is 11.5 Å². The average Bonchev–Trinajstić information content (AvgIpc) is 2.95. The Balaban J connectivity index is 1.88. The van der Waals surface area contributed by atoms with Gasteiger partial charge in [-0.3, -0.25) is 9.69 Å². The molecule has 0 bridgehead atoms. The molecule has 3 N–H and O–H groups in total. The van der Waals surface area contributed by atoms with Crippen LogP contribution in [0.25, 0.3) is 6.08 Å². The summed E-state index contributed by atoms with van der Waals surface area (Å²) in [4.78, 5) is 40.5. The number of hydrogen-bond donors (Lipinski definition) is 3. The third-order valence-electron chi connectivity index (χ3n) is 3.95. The van der Waals surface area contributed by atoms with Crippen molar-refractivity contribution in [2.45, 2.75) is 0 Å². The summed E-state index contributed by atoms with van der Waals surface area (Å²) < 4.78 is 5.14. The molecule has 0 saturated carbocycles. The number of aromatic carboxylic acids is 1. The van der Waals surface area contributed by atoms with Gasteiger partial charge in [0.2, 0.25) is 0 Å². The molecule has 1 fully saturated rings. The largest absolute Gasteiger partial charge is 0.508 e. The number of carboxylic acids is 2. The van der Waals surface area contributed by atoms with E-state index in [1.807, 2.05) is 0 Å². The zero-order valence-corrected chi connectivity index (χ0v) is 16.4. The number of thioether (sulfide) groups is 1. The predicted octanol–water partition coefficient (Wildman–Crippen LogP) is 2.79. The van der Waals surface area contributed by atoms with Crippen LogP contribution in [0.2, 0.25) is 0 Å². The lowest BCUT2D eigenvalue weighted by Crippen LogP contribution is -2.23. The molecule has 1 amide bonds. The molecule has 3 rings (SSSR count). The molecule has 0 aromatic heterocycles. The van der Waals surface area contributed by atoms with Crippen molar-refractivity contribution < 1.29 is 34.4 Å². The highest BCUT2D eigenvalue weighted by Gasteiger charge is 2.30. The first-order chi connectivity index (χ1) is 14.2. The normalized spacial score (nSPS) is 16.3. The number of nitrogens with zero attached hydrogens (tertiary/aromatic N) is 2. The van der Waals surface area contributed by atoms with E-state index in [9.17, 15) is 24.6 Å². The van der Waals surface area contributed by atoms with Crippen LogP contribution in [0.1, 0.15) is 15.9 Å². The van der Waals surface area contributed by atoms with E-state index in [-0.39, 0.29) is 28.1 Å². The van der Waals surface area contributed by atoms with Crippen molar-refractivity contribution in [1.29, 1.82) is 0 Å². The number of phenolic OH excluding ortho intramolecular Hbond substituents is 1. The molecule has 0 unspecified atom stereocenters. The highest BCUT2D eigenvalue weighted by atomic mass is 32.2. The number of hydrogen-bond acceptors (Lipinski definition) is 7. The summed E-state index contributed by atoms with van der Waals surface area (Å²) in [6.45, 7) is -0.480. The molecule has 0 spiro atoms. The molecule has 9 nitrogen and oxygen atoms in total. The van der Waals surface area contributed by atoms with Crippen molar-refractivity contribution in [2.75, 3.05) is 13.7 Å². The third kappa shape index (κ3) is 4.78. The van der Waals surface area contributed by atoms with Crippen molar-refractivity contribution in [2.24, 2.45) is 4.99 Å². The Bertz CT molecular complexity index is 1090. The number of amides is 1. The number of carboxylic acid groups (broad SMARTS) is 2. The number of phenols is 1. The van der Waals surface area contributed by atoms with Gasteiger partial charge in [0, 0.05) is 7.05 Å². The monoisotopic (exact) mass is 428 g/mol. The molecule has 1 saturated heterocycles. The van der Waals surface area contributed by atoms with Gasteiger partial charge in [0.05, 0.1) is 16.2 Å². The lowest BCUT2D eigenvalue weighted by atomic mass is 10.2. The van der Waals surface area contributed by atoms with E-state index in [4.69, 9.17) is 9.84 Å². The molecule has 154 valence electrons. The molecular formula is C20H16N2O7S. The van der Waals surface area contributed by atoms with Gasteiger partial charge in [-0.15, -0.1) is 0 Å². The first-order valence-corrected chi connectivity index (χ1v) is 9.33. The Kier molecular flexibility index (Phi) is 6.07. The number of carbonyl (C=O) groups is 3. The fourth-order valence-corrected chi connectivity index (χ4v) is 3.52. The van der Waals surface area contributed by atoms with Crippen molar-refractivity contribution in [3.63, 3.8) is 0 Å². The van der Waals surface area contributed by atoms with Crippen LogP contribution < -0.4 is 4.74 Å². The van der Waals surface area contributed by atoms with Crippen LogP contribution in [0, 0.1) is 0 Å². The highest BCUT2D eigenvalue weighted by molar-refractivity contribution is 8.18. The van der Waals surface area contributed by atoms with Crippen LogP contribution >= 0.6 is 11.8 Å². The van der Waals surface area contributed by atoms with Crippen LogP contribution in [0.4, 0.5) is 5.69 Å². The third-order valence-corrected chi connectivity index (χ3v) is 5.01.